The monoisotopic (exact) mass is 565 g/mol. The Morgan fingerprint density at radius 3 is 1.73 bits per heavy atom. The second-order valence-electron chi connectivity index (χ2n) is 9.80. The summed E-state index contributed by atoms with van der Waals surface area (Å²) < 4.78 is 15.2. The standard InChI is InChI=1S/C31H39N3O7/c1-22(32-20-27(35)21-41-28-9-7-6-8-10-28)19-31(38,23-11-15-25(16-12-23)33(2)29(36)39-4)24-13-17-26(18-14-24)34(3)30(37)40-5/h6-18,22,27,32,35,38H,19-21H2,1-5H3/t22-,27-/m0/s1. The molecular weight excluding hydrogens is 526 g/mol. The summed E-state index contributed by atoms with van der Waals surface area (Å²) in [6.07, 6.45) is -1.51. The number of hydrogen-bond donors (Lipinski definition) is 3. The minimum absolute atomic E-state index is 0.123. The van der Waals surface area contributed by atoms with Gasteiger partial charge in [0, 0.05) is 38.1 Å². The average molecular weight is 566 g/mol. The van der Waals surface area contributed by atoms with Crippen LogP contribution in [0.25, 0.3) is 0 Å². The lowest BCUT2D eigenvalue weighted by Crippen LogP contribution is -2.41. The number of para-hydroxylation sites is 1. The van der Waals surface area contributed by atoms with Crippen molar-refractivity contribution in [1.82, 2.24) is 5.32 Å². The molecule has 3 aromatic rings. The van der Waals surface area contributed by atoms with Crippen LogP contribution in [0.3, 0.4) is 0 Å². The lowest BCUT2D eigenvalue weighted by molar-refractivity contribution is 0.0558. The van der Waals surface area contributed by atoms with Crippen molar-refractivity contribution < 1.29 is 34.0 Å². The van der Waals surface area contributed by atoms with Crippen LogP contribution in [0, 0.1) is 0 Å². The van der Waals surface area contributed by atoms with E-state index in [1.807, 2.05) is 37.3 Å². The van der Waals surface area contributed by atoms with Gasteiger partial charge in [-0.05, 0) is 60.9 Å². The summed E-state index contributed by atoms with van der Waals surface area (Å²) in [6, 6.07) is 23.0. The van der Waals surface area contributed by atoms with E-state index in [0.717, 1.165) is 0 Å². The zero-order chi connectivity index (χ0) is 30.0. The van der Waals surface area contributed by atoms with Gasteiger partial charge in [-0.2, -0.15) is 0 Å². The van der Waals surface area contributed by atoms with E-state index in [1.165, 1.54) is 24.0 Å². The third-order valence-electron chi connectivity index (χ3n) is 6.85. The minimum Gasteiger partial charge on any atom is -0.491 e. The third kappa shape index (κ3) is 8.20. The maximum Gasteiger partial charge on any atom is 0.413 e. The highest BCUT2D eigenvalue weighted by Crippen LogP contribution is 2.36. The molecule has 3 rings (SSSR count). The fraction of sp³-hybridized carbons (Fsp3) is 0.355. The Morgan fingerprint density at radius 2 is 1.29 bits per heavy atom. The van der Waals surface area contributed by atoms with Gasteiger partial charge >= 0.3 is 12.2 Å². The van der Waals surface area contributed by atoms with Crippen LogP contribution in [-0.2, 0) is 15.1 Å². The van der Waals surface area contributed by atoms with E-state index in [2.05, 4.69) is 5.32 Å². The lowest BCUT2D eigenvalue weighted by atomic mass is 9.81. The summed E-state index contributed by atoms with van der Waals surface area (Å²) in [4.78, 5) is 26.6. The van der Waals surface area contributed by atoms with Gasteiger partial charge in [-0.15, -0.1) is 0 Å². The highest BCUT2D eigenvalue weighted by molar-refractivity contribution is 5.87. The molecule has 2 atom stereocenters. The number of carbonyl (C=O) groups excluding carboxylic acids is 2. The highest BCUT2D eigenvalue weighted by Gasteiger charge is 2.34. The maximum absolute atomic E-state index is 12.2. The molecule has 3 aromatic carbocycles. The predicted molar refractivity (Wildman–Crippen MR) is 158 cm³/mol. The van der Waals surface area contributed by atoms with E-state index in [1.54, 1.807) is 62.6 Å². The fourth-order valence-electron chi connectivity index (χ4n) is 4.43. The van der Waals surface area contributed by atoms with Crippen molar-refractivity contribution in [3.63, 3.8) is 0 Å². The lowest BCUT2D eigenvalue weighted by Gasteiger charge is -2.33. The van der Waals surface area contributed by atoms with E-state index in [4.69, 9.17) is 14.2 Å². The van der Waals surface area contributed by atoms with Gasteiger partial charge in [0.25, 0.3) is 0 Å². The summed E-state index contributed by atoms with van der Waals surface area (Å²) in [5.74, 6) is 0.677. The Morgan fingerprint density at radius 1 is 0.829 bits per heavy atom. The molecule has 0 aromatic heterocycles. The van der Waals surface area contributed by atoms with Gasteiger partial charge in [-0.25, -0.2) is 9.59 Å². The van der Waals surface area contributed by atoms with Crippen LogP contribution in [0.1, 0.15) is 24.5 Å². The van der Waals surface area contributed by atoms with E-state index in [9.17, 15) is 19.8 Å². The number of aliphatic hydroxyl groups excluding tert-OH is 1. The van der Waals surface area contributed by atoms with Crippen molar-refractivity contribution in [1.29, 1.82) is 0 Å². The number of nitrogens with one attached hydrogen (secondary N) is 1. The number of aliphatic hydroxyl groups is 2. The Hall–Kier alpha value is -4.12. The van der Waals surface area contributed by atoms with Crippen molar-refractivity contribution in [3.8, 4) is 5.75 Å². The Balaban J connectivity index is 1.80. The van der Waals surface area contributed by atoms with Crippen LogP contribution >= 0.6 is 0 Å². The van der Waals surface area contributed by atoms with Crippen molar-refractivity contribution in [2.24, 2.45) is 0 Å². The van der Waals surface area contributed by atoms with Gasteiger partial charge in [-0.3, -0.25) is 9.80 Å². The van der Waals surface area contributed by atoms with Crippen LogP contribution in [0.15, 0.2) is 78.9 Å². The number of rotatable bonds is 12. The van der Waals surface area contributed by atoms with Crippen molar-refractivity contribution in [2.45, 2.75) is 31.1 Å². The van der Waals surface area contributed by atoms with Crippen LogP contribution in [-0.4, -0.2) is 76.0 Å². The van der Waals surface area contributed by atoms with Gasteiger partial charge in [0.05, 0.1) is 14.2 Å². The first-order valence-electron chi connectivity index (χ1n) is 13.2. The summed E-state index contributed by atoms with van der Waals surface area (Å²) >= 11 is 0. The molecular formula is C31H39N3O7. The molecule has 0 radical (unpaired) electrons. The quantitative estimate of drug-likeness (QED) is 0.300. The summed E-state index contributed by atoms with van der Waals surface area (Å²) in [7, 11) is 5.82. The van der Waals surface area contributed by atoms with E-state index < -0.39 is 23.9 Å². The molecule has 0 aliphatic rings. The summed E-state index contributed by atoms with van der Waals surface area (Å²) in [5.41, 5.74) is 0.977. The molecule has 0 fully saturated rings. The van der Waals surface area contributed by atoms with E-state index >= 15 is 0 Å². The molecule has 10 heteroatoms. The van der Waals surface area contributed by atoms with Gasteiger partial charge < -0.3 is 29.7 Å². The molecule has 0 saturated heterocycles. The molecule has 10 nitrogen and oxygen atoms in total. The first-order chi connectivity index (χ1) is 19.6. The largest absolute Gasteiger partial charge is 0.491 e. The van der Waals surface area contributed by atoms with Crippen LogP contribution in [0.4, 0.5) is 21.0 Å². The van der Waals surface area contributed by atoms with Gasteiger partial charge in [0.1, 0.15) is 24.1 Å². The average Bonchev–Trinajstić information content (AvgIpc) is 3.01. The van der Waals surface area contributed by atoms with Gasteiger partial charge in [-0.1, -0.05) is 42.5 Å². The van der Waals surface area contributed by atoms with Crippen LogP contribution in [0.2, 0.25) is 0 Å². The Bertz CT molecular complexity index is 1190. The van der Waals surface area contributed by atoms with Crippen molar-refractivity contribution in [3.05, 3.63) is 90.0 Å². The first-order valence-corrected chi connectivity index (χ1v) is 13.2. The molecule has 41 heavy (non-hydrogen) atoms. The zero-order valence-electron chi connectivity index (χ0n) is 24.1. The highest BCUT2D eigenvalue weighted by atomic mass is 16.5. The molecule has 2 amide bonds. The second kappa shape index (κ2) is 14.5. The molecule has 0 bridgehead atoms. The van der Waals surface area contributed by atoms with Gasteiger partial charge in [0.15, 0.2) is 0 Å². The molecule has 0 spiro atoms. The normalized spacial score (nSPS) is 12.7. The maximum atomic E-state index is 12.2. The van der Waals surface area contributed by atoms with E-state index in [0.29, 0.717) is 28.3 Å². The van der Waals surface area contributed by atoms with E-state index in [-0.39, 0.29) is 25.6 Å². The predicted octanol–water partition coefficient (Wildman–Crippen LogP) is 4.14. The fourth-order valence-corrected chi connectivity index (χ4v) is 4.43. The number of nitrogens with zero attached hydrogens (tertiary/aromatic N) is 2. The van der Waals surface area contributed by atoms with Crippen LogP contribution < -0.4 is 19.9 Å². The molecule has 220 valence electrons. The Kier molecular flexibility index (Phi) is 11.1. The van der Waals surface area contributed by atoms with Crippen molar-refractivity contribution >= 4 is 23.6 Å². The Labute approximate surface area is 241 Å². The second-order valence-corrected chi connectivity index (χ2v) is 9.80. The number of ether oxygens (including phenoxy) is 3. The SMILES string of the molecule is COC(=O)N(C)c1ccc(C(O)(C[C@H](C)NC[C@H](O)COc2ccccc2)c2ccc(N(C)C(=O)OC)cc2)cc1. The number of methoxy groups -OCH3 is 2. The molecule has 0 aliphatic heterocycles. The molecule has 0 saturated carbocycles. The summed E-state index contributed by atoms with van der Waals surface area (Å²) in [6.45, 7) is 2.31. The number of benzene rings is 3. The molecule has 3 N–H and O–H groups in total. The summed E-state index contributed by atoms with van der Waals surface area (Å²) in [5, 5.41) is 25.9. The zero-order valence-corrected chi connectivity index (χ0v) is 24.1. The number of carbonyl (C=O) groups is 2. The molecule has 0 unspecified atom stereocenters. The first kappa shape index (κ1) is 31.4. The molecule has 0 aliphatic carbocycles. The third-order valence-corrected chi connectivity index (χ3v) is 6.85. The smallest absolute Gasteiger partial charge is 0.413 e. The van der Waals surface area contributed by atoms with Crippen LogP contribution in [0.5, 0.6) is 5.75 Å². The van der Waals surface area contributed by atoms with Gasteiger partial charge in [0.2, 0.25) is 0 Å². The number of anilines is 2. The minimum atomic E-state index is -1.44. The topological polar surface area (TPSA) is 121 Å². The molecule has 0 heterocycles. The number of hydrogen-bond acceptors (Lipinski definition) is 8. The van der Waals surface area contributed by atoms with Crippen molar-refractivity contribution in [2.75, 3.05) is 51.3 Å². The number of amides is 2.